The van der Waals surface area contributed by atoms with Crippen molar-refractivity contribution in [3.8, 4) is 0 Å². The molecule has 1 atom stereocenters. The van der Waals surface area contributed by atoms with E-state index in [4.69, 9.17) is 0 Å². The maximum Gasteiger partial charge on any atom is 0.220 e. The van der Waals surface area contributed by atoms with Crippen LogP contribution in [-0.2, 0) is 4.79 Å². The summed E-state index contributed by atoms with van der Waals surface area (Å²) < 4.78 is 0. The molecule has 132 valence electrons. The number of piperidine rings is 1. The first-order valence-corrected chi connectivity index (χ1v) is 10.0. The number of rotatable bonds is 6. The highest BCUT2D eigenvalue weighted by atomic mass is 16.1. The van der Waals surface area contributed by atoms with E-state index in [9.17, 15) is 4.79 Å². The first-order chi connectivity index (χ1) is 11.3. The van der Waals surface area contributed by atoms with Gasteiger partial charge >= 0.3 is 0 Å². The number of hydrogen-bond donors (Lipinski definition) is 2. The Morgan fingerprint density at radius 3 is 2.48 bits per heavy atom. The fourth-order valence-corrected chi connectivity index (χ4v) is 4.84. The van der Waals surface area contributed by atoms with Crippen LogP contribution < -0.4 is 10.6 Å². The predicted molar refractivity (Wildman–Crippen MR) is 94.5 cm³/mol. The van der Waals surface area contributed by atoms with E-state index in [-0.39, 0.29) is 11.4 Å². The van der Waals surface area contributed by atoms with E-state index in [1.54, 1.807) is 0 Å². The van der Waals surface area contributed by atoms with Crippen molar-refractivity contribution in [1.82, 2.24) is 15.5 Å². The molecule has 0 aromatic heterocycles. The van der Waals surface area contributed by atoms with Crippen molar-refractivity contribution in [3.05, 3.63) is 0 Å². The van der Waals surface area contributed by atoms with Gasteiger partial charge in [0.1, 0.15) is 0 Å². The molecule has 0 spiro atoms. The quantitative estimate of drug-likeness (QED) is 0.791. The number of likely N-dealkylation sites (tertiary alicyclic amines) is 1. The number of nitrogens with zero attached hydrogens (tertiary/aromatic N) is 1. The molecule has 3 rings (SSSR count). The Bertz CT molecular complexity index is 367. The zero-order valence-corrected chi connectivity index (χ0v) is 14.7. The van der Waals surface area contributed by atoms with Crippen molar-refractivity contribution >= 4 is 5.91 Å². The molecule has 2 N–H and O–H groups in total. The Labute approximate surface area is 141 Å². The summed E-state index contributed by atoms with van der Waals surface area (Å²) >= 11 is 0. The third-order valence-electron chi connectivity index (χ3n) is 6.31. The molecule has 0 radical (unpaired) electrons. The van der Waals surface area contributed by atoms with Crippen LogP contribution >= 0.6 is 0 Å². The number of hydrogen-bond acceptors (Lipinski definition) is 3. The molecule has 2 heterocycles. The molecule has 1 saturated carbocycles. The van der Waals surface area contributed by atoms with Crippen molar-refractivity contribution in [2.75, 3.05) is 26.2 Å². The Morgan fingerprint density at radius 1 is 1.04 bits per heavy atom. The van der Waals surface area contributed by atoms with Crippen LogP contribution in [0.3, 0.4) is 0 Å². The Balaban J connectivity index is 1.48. The van der Waals surface area contributed by atoms with Crippen LogP contribution in [-0.4, -0.2) is 48.6 Å². The van der Waals surface area contributed by atoms with E-state index in [2.05, 4.69) is 15.5 Å². The van der Waals surface area contributed by atoms with Crippen molar-refractivity contribution in [2.24, 2.45) is 0 Å². The summed E-state index contributed by atoms with van der Waals surface area (Å²) in [7, 11) is 0. The van der Waals surface area contributed by atoms with E-state index in [0.29, 0.717) is 12.5 Å². The molecular weight excluding hydrogens is 286 g/mol. The van der Waals surface area contributed by atoms with Gasteiger partial charge in [-0.15, -0.1) is 0 Å². The van der Waals surface area contributed by atoms with Crippen LogP contribution in [0.1, 0.15) is 77.0 Å². The van der Waals surface area contributed by atoms with E-state index in [0.717, 1.165) is 19.5 Å². The molecule has 3 aliphatic rings. The summed E-state index contributed by atoms with van der Waals surface area (Å²) in [4.78, 5) is 15.0. The lowest BCUT2D eigenvalue weighted by Gasteiger charge is -2.48. The van der Waals surface area contributed by atoms with Crippen LogP contribution in [0, 0.1) is 0 Å². The average molecular weight is 322 g/mol. The van der Waals surface area contributed by atoms with Gasteiger partial charge in [0.25, 0.3) is 0 Å². The Kier molecular flexibility index (Phi) is 6.35. The average Bonchev–Trinajstić information content (AvgIpc) is 3.13. The predicted octanol–water partition coefficient (Wildman–Crippen LogP) is 2.82. The van der Waals surface area contributed by atoms with Crippen LogP contribution in [0.15, 0.2) is 0 Å². The summed E-state index contributed by atoms with van der Waals surface area (Å²) in [6.45, 7) is 4.48. The topological polar surface area (TPSA) is 44.4 Å². The molecule has 23 heavy (non-hydrogen) atoms. The lowest BCUT2D eigenvalue weighted by atomic mass is 9.79. The van der Waals surface area contributed by atoms with Gasteiger partial charge in [0.05, 0.1) is 0 Å². The smallest absolute Gasteiger partial charge is 0.220 e. The van der Waals surface area contributed by atoms with Crippen LogP contribution in [0.4, 0.5) is 0 Å². The molecule has 0 aromatic rings. The molecule has 2 aliphatic heterocycles. The summed E-state index contributed by atoms with van der Waals surface area (Å²) in [6, 6.07) is 0.575. The van der Waals surface area contributed by atoms with Gasteiger partial charge in [0.15, 0.2) is 0 Å². The van der Waals surface area contributed by atoms with Gasteiger partial charge < -0.3 is 10.6 Å². The molecular formula is C19H35N3O. The summed E-state index contributed by atoms with van der Waals surface area (Å²) in [5.41, 5.74) is 0.264. The van der Waals surface area contributed by atoms with E-state index < -0.39 is 0 Å². The number of nitrogens with one attached hydrogen (secondary N) is 2. The molecule has 0 bridgehead atoms. The van der Waals surface area contributed by atoms with Gasteiger partial charge in [-0.25, -0.2) is 0 Å². The largest absolute Gasteiger partial charge is 0.354 e. The minimum Gasteiger partial charge on any atom is -0.354 e. The summed E-state index contributed by atoms with van der Waals surface area (Å²) in [5.74, 6) is 0.264. The molecule has 3 fully saturated rings. The second-order valence-electron chi connectivity index (χ2n) is 7.94. The lowest BCUT2D eigenvalue weighted by molar-refractivity contribution is -0.122. The van der Waals surface area contributed by atoms with E-state index in [1.165, 1.54) is 77.3 Å². The second kappa shape index (κ2) is 8.48. The number of carbonyl (C=O) groups is 1. The lowest BCUT2D eigenvalue weighted by Crippen LogP contribution is -2.58. The standard InChI is InChI=1S/C19H35N3O/c23-18(10-9-17-8-7-13-20-17)21-16-19(11-3-1-4-12-19)22-14-5-2-6-15-22/h17,20H,1-16H2,(H,21,23). The molecule has 1 aliphatic carbocycles. The fraction of sp³-hybridized carbons (Fsp3) is 0.947. The van der Waals surface area contributed by atoms with Crippen LogP contribution in [0.25, 0.3) is 0 Å². The number of amides is 1. The molecule has 1 unspecified atom stereocenters. The molecule has 0 aromatic carbocycles. The Morgan fingerprint density at radius 2 is 1.78 bits per heavy atom. The maximum atomic E-state index is 12.3. The zero-order chi connectivity index (χ0) is 16.0. The highest BCUT2D eigenvalue weighted by Crippen LogP contribution is 2.35. The molecule has 4 nitrogen and oxygen atoms in total. The van der Waals surface area contributed by atoms with Crippen molar-refractivity contribution in [1.29, 1.82) is 0 Å². The van der Waals surface area contributed by atoms with Crippen molar-refractivity contribution in [2.45, 2.75) is 88.6 Å². The SMILES string of the molecule is O=C(CCC1CCCN1)NCC1(N2CCCCC2)CCCCC1. The third kappa shape index (κ3) is 4.69. The van der Waals surface area contributed by atoms with Gasteiger partial charge in [0.2, 0.25) is 5.91 Å². The minimum atomic E-state index is 0.264. The maximum absolute atomic E-state index is 12.3. The van der Waals surface area contributed by atoms with Gasteiger partial charge in [-0.3, -0.25) is 9.69 Å². The molecule has 1 amide bonds. The van der Waals surface area contributed by atoms with Crippen LogP contribution in [0.5, 0.6) is 0 Å². The molecule has 4 heteroatoms. The number of carbonyl (C=O) groups excluding carboxylic acids is 1. The second-order valence-corrected chi connectivity index (χ2v) is 7.94. The first kappa shape index (κ1) is 17.2. The fourth-order valence-electron chi connectivity index (χ4n) is 4.84. The highest BCUT2D eigenvalue weighted by molar-refractivity contribution is 5.76. The van der Waals surface area contributed by atoms with E-state index in [1.807, 2.05) is 0 Å². The van der Waals surface area contributed by atoms with E-state index >= 15 is 0 Å². The van der Waals surface area contributed by atoms with Gasteiger partial charge in [0, 0.05) is 24.5 Å². The van der Waals surface area contributed by atoms with Crippen LogP contribution in [0.2, 0.25) is 0 Å². The van der Waals surface area contributed by atoms with Gasteiger partial charge in [-0.05, 0) is 64.6 Å². The molecule has 2 saturated heterocycles. The van der Waals surface area contributed by atoms with Crippen molar-refractivity contribution < 1.29 is 4.79 Å². The first-order valence-electron chi connectivity index (χ1n) is 10.0. The third-order valence-corrected chi connectivity index (χ3v) is 6.31. The van der Waals surface area contributed by atoms with Gasteiger partial charge in [-0.1, -0.05) is 25.7 Å². The van der Waals surface area contributed by atoms with Crippen molar-refractivity contribution in [3.63, 3.8) is 0 Å². The highest BCUT2D eigenvalue weighted by Gasteiger charge is 2.38. The zero-order valence-electron chi connectivity index (χ0n) is 14.7. The monoisotopic (exact) mass is 321 g/mol. The summed E-state index contributed by atoms with van der Waals surface area (Å²) in [5, 5.41) is 6.79. The van der Waals surface area contributed by atoms with Gasteiger partial charge in [-0.2, -0.15) is 0 Å². The normalized spacial score (nSPS) is 28.6. The Hall–Kier alpha value is -0.610. The minimum absolute atomic E-state index is 0.264. The summed E-state index contributed by atoms with van der Waals surface area (Å²) in [6.07, 6.45) is 14.8.